The van der Waals surface area contributed by atoms with Crippen molar-refractivity contribution in [3.05, 3.63) is 18.1 Å². The van der Waals surface area contributed by atoms with E-state index in [1.807, 2.05) is 6.07 Å². The van der Waals surface area contributed by atoms with E-state index in [1.165, 1.54) is 12.5 Å². The number of nitrogens with one attached hydrogen (secondary N) is 2. The number of anilines is 1. The number of carbonyl (C=O) groups is 1. The zero-order valence-electron chi connectivity index (χ0n) is 9.40. The van der Waals surface area contributed by atoms with Gasteiger partial charge in [0.2, 0.25) is 5.95 Å². The Balaban J connectivity index is 2.80. The first-order chi connectivity index (χ1) is 7.45. The van der Waals surface area contributed by atoms with Gasteiger partial charge in [0.05, 0.1) is 0 Å². The third-order valence-electron chi connectivity index (χ3n) is 1.81. The molecule has 0 bridgehead atoms. The average molecular weight is 219 g/mol. The fourth-order valence-electron chi connectivity index (χ4n) is 0.968. The zero-order chi connectivity index (χ0) is 12.2. The van der Waals surface area contributed by atoms with Crippen LogP contribution in [-0.2, 0) is 4.79 Å². The van der Waals surface area contributed by atoms with Crippen LogP contribution >= 0.6 is 0 Å². The van der Waals surface area contributed by atoms with Crippen LogP contribution in [0.15, 0.2) is 18.1 Å². The maximum absolute atomic E-state index is 11.8. The minimum atomic E-state index is -0.579. The summed E-state index contributed by atoms with van der Waals surface area (Å²) in [5, 5.41) is 17.7. The Labute approximate surface area is 93.4 Å². The molecule has 6 nitrogen and oxygen atoms in total. The van der Waals surface area contributed by atoms with Crippen molar-refractivity contribution in [1.82, 2.24) is 15.2 Å². The monoisotopic (exact) mass is 219 g/mol. The van der Waals surface area contributed by atoms with E-state index in [0.717, 1.165) is 0 Å². The Kier molecular flexibility index (Phi) is 3.40. The summed E-state index contributed by atoms with van der Waals surface area (Å²) in [6.45, 7) is 5.28. The van der Waals surface area contributed by atoms with Crippen LogP contribution < -0.4 is 5.32 Å². The lowest BCUT2D eigenvalue weighted by atomic mass is 9.87. The number of nitrogens with zero attached hydrogens (tertiary/aromatic N) is 3. The molecule has 0 aromatic carbocycles. The number of hydrogen-bond acceptors (Lipinski definition) is 5. The van der Waals surface area contributed by atoms with Crippen LogP contribution in [0.1, 0.15) is 20.8 Å². The van der Waals surface area contributed by atoms with Crippen LogP contribution in [0.5, 0.6) is 0 Å². The van der Waals surface area contributed by atoms with Crippen LogP contribution in [0.25, 0.3) is 0 Å². The van der Waals surface area contributed by atoms with Gasteiger partial charge in [0.1, 0.15) is 18.0 Å². The minimum absolute atomic E-state index is 0.0592. The summed E-state index contributed by atoms with van der Waals surface area (Å²) in [6.07, 6.45) is 2.65. The van der Waals surface area contributed by atoms with Crippen molar-refractivity contribution >= 4 is 11.7 Å². The molecular formula is C10H13N5O. The van der Waals surface area contributed by atoms with Gasteiger partial charge < -0.3 is 5.32 Å². The molecule has 0 atom stereocenters. The molecule has 2 N–H and O–H groups in total. The van der Waals surface area contributed by atoms with Crippen molar-refractivity contribution in [2.24, 2.45) is 5.41 Å². The SMILES string of the molecule is CC(C)(C)C(=O)/C(C#N)=C\Nc1ncn[nH]1. The normalized spacial score (nSPS) is 12.0. The summed E-state index contributed by atoms with van der Waals surface area (Å²) >= 11 is 0. The van der Waals surface area contributed by atoms with Crippen molar-refractivity contribution in [2.45, 2.75) is 20.8 Å². The highest BCUT2D eigenvalue weighted by atomic mass is 16.1. The molecule has 0 radical (unpaired) electrons. The molecule has 0 spiro atoms. The van der Waals surface area contributed by atoms with Crippen LogP contribution in [0.4, 0.5) is 5.95 Å². The van der Waals surface area contributed by atoms with Crippen LogP contribution in [0, 0.1) is 16.7 Å². The Bertz CT molecular complexity index is 433. The number of H-pyrrole nitrogens is 1. The molecule has 0 aliphatic rings. The Morgan fingerprint density at radius 3 is 2.75 bits per heavy atom. The summed E-state index contributed by atoms with van der Waals surface area (Å²) in [7, 11) is 0. The molecular weight excluding hydrogens is 206 g/mol. The maximum atomic E-state index is 11.8. The molecule has 0 amide bonds. The summed E-state index contributed by atoms with van der Waals surface area (Å²) < 4.78 is 0. The predicted molar refractivity (Wildman–Crippen MR) is 58.2 cm³/mol. The van der Waals surface area contributed by atoms with E-state index in [2.05, 4.69) is 20.5 Å². The summed E-state index contributed by atoms with van der Waals surface area (Å²) in [6, 6.07) is 1.86. The highest BCUT2D eigenvalue weighted by Crippen LogP contribution is 2.19. The molecule has 0 saturated carbocycles. The molecule has 0 aliphatic heterocycles. The number of aromatic amines is 1. The third-order valence-corrected chi connectivity index (χ3v) is 1.81. The quantitative estimate of drug-likeness (QED) is 0.589. The van der Waals surface area contributed by atoms with E-state index in [4.69, 9.17) is 5.26 Å². The molecule has 1 heterocycles. The summed E-state index contributed by atoms with van der Waals surface area (Å²) in [5.74, 6) is 0.163. The molecule has 16 heavy (non-hydrogen) atoms. The van der Waals surface area contributed by atoms with E-state index in [1.54, 1.807) is 20.8 Å². The van der Waals surface area contributed by atoms with Gasteiger partial charge in [0.15, 0.2) is 5.78 Å². The Hall–Kier alpha value is -2.16. The first-order valence-corrected chi connectivity index (χ1v) is 4.72. The number of Topliss-reactive ketones (excluding diaryl/α,β-unsaturated/α-hetero) is 1. The molecule has 1 rings (SSSR count). The van der Waals surface area contributed by atoms with Gasteiger partial charge in [-0.25, -0.2) is 5.10 Å². The summed E-state index contributed by atoms with van der Waals surface area (Å²) in [4.78, 5) is 15.6. The van der Waals surface area contributed by atoms with Crippen molar-refractivity contribution in [2.75, 3.05) is 5.32 Å². The van der Waals surface area contributed by atoms with E-state index in [9.17, 15) is 4.79 Å². The fourth-order valence-corrected chi connectivity index (χ4v) is 0.968. The van der Waals surface area contributed by atoms with E-state index < -0.39 is 5.41 Å². The van der Waals surface area contributed by atoms with E-state index >= 15 is 0 Å². The van der Waals surface area contributed by atoms with Gasteiger partial charge in [0, 0.05) is 11.6 Å². The standard InChI is InChI=1S/C10H13N5O/c1-10(2,3)8(16)7(4-11)5-12-9-13-6-14-15-9/h5-6H,1-3H3,(H2,12,13,14,15)/b7-5-. The molecule has 1 aromatic rings. The van der Waals surface area contributed by atoms with Crippen molar-refractivity contribution in [3.63, 3.8) is 0 Å². The van der Waals surface area contributed by atoms with Gasteiger partial charge in [-0.1, -0.05) is 20.8 Å². The maximum Gasteiger partial charge on any atom is 0.222 e. The highest BCUT2D eigenvalue weighted by molar-refractivity contribution is 6.02. The lowest BCUT2D eigenvalue weighted by molar-refractivity contribution is -0.122. The first-order valence-electron chi connectivity index (χ1n) is 4.72. The van der Waals surface area contributed by atoms with Gasteiger partial charge in [-0.15, -0.1) is 0 Å². The van der Waals surface area contributed by atoms with Gasteiger partial charge in [-0.2, -0.15) is 15.3 Å². The number of ketones is 1. The van der Waals surface area contributed by atoms with Crippen LogP contribution in [0.2, 0.25) is 0 Å². The Morgan fingerprint density at radius 2 is 2.31 bits per heavy atom. The van der Waals surface area contributed by atoms with E-state index in [0.29, 0.717) is 5.95 Å². The minimum Gasteiger partial charge on any atom is -0.330 e. The van der Waals surface area contributed by atoms with Crippen LogP contribution in [0.3, 0.4) is 0 Å². The highest BCUT2D eigenvalue weighted by Gasteiger charge is 2.24. The zero-order valence-corrected chi connectivity index (χ0v) is 9.40. The molecule has 84 valence electrons. The number of aromatic nitrogens is 3. The third kappa shape index (κ3) is 2.92. The predicted octanol–water partition coefficient (Wildman–Crippen LogP) is 1.24. The molecule has 6 heteroatoms. The van der Waals surface area contributed by atoms with Crippen molar-refractivity contribution in [3.8, 4) is 6.07 Å². The number of rotatable bonds is 3. The second kappa shape index (κ2) is 4.57. The molecule has 1 aromatic heterocycles. The van der Waals surface area contributed by atoms with Gasteiger partial charge in [-0.05, 0) is 0 Å². The topological polar surface area (TPSA) is 94.5 Å². The van der Waals surface area contributed by atoms with Crippen LogP contribution in [-0.4, -0.2) is 21.0 Å². The molecule has 0 saturated heterocycles. The molecule has 0 fully saturated rings. The summed E-state index contributed by atoms with van der Waals surface area (Å²) in [5.41, 5.74) is -0.520. The van der Waals surface area contributed by atoms with Crippen molar-refractivity contribution in [1.29, 1.82) is 5.26 Å². The number of allylic oxidation sites excluding steroid dienone is 1. The second-order valence-corrected chi connectivity index (χ2v) is 4.23. The first kappa shape index (κ1) is 11.9. The van der Waals surface area contributed by atoms with Gasteiger partial charge in [0.25, 0.3) is 0 Å². The van der Waals surface area contributed by atoms with Gasteiger partial charge in [-0.3, -0.25) is 4.79 Å². The van der Waals surface area contributed by atoms with Crippen molar-refractivity contribution < 1.29 is 4.79 Å². The number of carbonyl (C=O) groups excluding carboxylic acids is 1. The fraction of sp³-hybridized carbons (Fsp3) is 0.400. The smallest absolute Gasteiger partial charge is 0.222 e. The largest absolute Gasteiger partial charge is 0.330 e. The average Bonchev–Trinajstić information content (AvgIpc) is 2.69. The Morgan fingerprint density at radius 1 is 1.62 bits per heavy atom. The molecule has 0 unspecified atom stereocenters. The second-order valence-electron chi connectivity index (χ2n) is 4.23. The lowest BCUT2D eigenvalue weighted by Crippen LogP contribution is -2.22. The van der Waals surface area contributed by atoms with Gasteiger partial charge >= 0.3 is 0 Å². The number of hydrogen-bond donors (Lipinski definition) is 2. The lowest BCUT2D eigenvalue weighted by Gasteiger charge is -2.15. The number of nitriles is 1. The molecule has 0 aliphatic carbocycles. The van der Waals surface area contributed by atoms with E-state index in [-0.39, 0.29) is 11.4 Å².